The van der Waals surface area contributed by atoms with Crippen molar-refractivity contribution in [2.24, 2.45) is 11.7 Å². The van der Waals surface area contributed by atoms with E-state index in [-0.39, 0.29) is 11.9 Å². The zero-order chi connectivity index (χ0) is 25.9. The fourth-order valence-corrected chi connectivity index (χ4v) is 4.93. The number of carbonyl (C=O) groups is 1. The summed E-state index contributed by atoms with van der Waals surface area (Å²) in [6.45, 7) is 5.44. The van der Waals surface area contributed by atoms with Crippen LogP contribution in [0.4, 0.5) is 5.82 Å². The Morgan fingerprint density at radius 3 is 2.38 bits per heavy atom. The van der Waals surface area contributed by atoms with Crippen molar-refractivity contribution < 1.29 is 9.53 Å². The molecule has 0 unspecified atom stereocenters. The van der Waals surface area contributed by atoms with Crippen LogP contribution in [0, 0.1) is 5.92 Å². The number of likely N-dealkylation sites (tertiary alicyclic amines) is 1. The summed E-state index contributed by atoms with van der Waals surface area (Å²) in [5, 5.41) is 5.70. The van der Waals surface area contributed by atoms with Gasteiger partial charge in [-0.05, 0) is 61.6 Å². The summed E-state index contributed by atoms with van der Waals surface area (Å²) in [4.78, 5) is 23.4. The number of hydrogen-bond donors (Lipinski definition) is 2. The molecule has 2 aromatic carbocycles. The van der Waals surface area contributed by atoms with Crippen LogP contribution in [0.25, 0.3) is 22.3 Å². The van der Waals surface area contributed by atoms with Gasteiger partial charge in [-0.1, -0.05) is 32.0 Å². The molecular formula is C28H33N7O2. The van der Waals surface area contributed by atoms with Crippen LogP contribution in [-0.4, -0.2) is 49.7 Å². The molecule has 1 amide bonds. The average Bonchev–Trinajstić information content (AvgIpc) is 3.30. The largest absolute Gasteiger partial charge is 0.457 e. The van der Waals surface area contributed by atoms with Crippen molar-refractivity contribution in [2.45, 2.75) is 45.2 Å². The molecule has 1 fully saturated rings. The van der Waals surface area contributed by atoms with Crippen molar-refractivity contribution in [3.63, 3.8) is 0 Å². The summed E-state index contributed by atoms with van der Waals surface area (Å²) < 4.78 is 7.88. The van der Waals surface area contributed by atoms with Gasteiger partial charge in [-0.3, -0.25) is 4.79 Å². The number of aromatic nitrogens is 4. The molecule has 1 saturated heterocycles. The number of carbonyl (C=O) groups excluding carboxylic acids is 1. The molecule has 37 heavy (non-hydrogen) atoms. The Bertz CT molecular complexity index is 1360. The lowest BCUT2D eigenvalue weighted by atomic mass is 10.0. The van der Waals surface area contributed by atoms with E-state index in [2.05, 4.69) is 23.8 Å². The molecule has 2 aromatic heterocycles. The van der Waals surface area contributed by atoms with Crippen LogP contribution in [0.5, 0.6) is 11.5 Å². The minimum absolute atomic E-state index is 0.0301. The fraction of sp³-hybridized carbons (Fsp3) is 0.357. The molecule has 0 aliphatic carbocycles. The zero-order valence-electron chi connectivity index (χ0n) is 21.2. The number of amides is 1. The van der Waals surface area contributed by atoms with Gasteiger partial charge in [-0.2, -0.15) is 5.10 Å². The number of benzene rings is 2. The van der Waals surface area contributed by atoms with Gasteiger partial charge in [0.15, 0.2) is 5.65 Å². The number of hydrogen-bond acceptors (Lipinski definition) is 7. The molecule has 9 nitrogen and oxygen atoms in total. The van der Waals surface area contributed by atoms with Gasteiger partial charge >= 0.3 is 0 Å². The number of nitrogens with two attached hydrogens (primary N) is 2. The number of fused-ring (bicyclic) bond motifs is 1. The van der Waals surface area contributed by atoms with E-state index in [0.29, 0.717) is 36.9 Å². The van der Waals surface area contributed by atoms with Gasteiger partial charge in [0, 0.05) is 18.7 Å². The molecule has 192 valence electrons. The lowest BCUT2D eigenvalue weighted by Gasteiger charge is -2.34. The maximum Gasteiger partial charge on any atom is 0.239 e. The molecular weight excluding hydrogens is 466 g/mol. The van der Waals surface area contributed by atoms with Crippen LogP contribution in [-0.2, 0) is 4.79 Å². The second-order valence-corrected chi connectivity index (χ2v) is 9.98. The van der Waals surface area contributed by atoms with Crippen molar-refractivity contribution in [3.8, 4) is 22.8 Å². The number of anilines is 1. The summed E-state index contributed by atoms with van der Waals surface area (Å²) >= 11 is 0. The molecule has 0 spiro atoms. The molecule has 3 heterocycles. The van der Waals surface area contributed by atoms with Crippen LogP contribution in [0.2, 0.25) is 0 Å². The Hall–Kier alpha value is -3.98. The normalized spacial score (nSPS) is 15.3. The van der Waals surface area contributed by atoms with Gasteiger partial charge in [0.05, 0.1) is 17.5 Å². The molecule has 0 radical (unpaired) electrons. The first-order valence-corrected chi connectivity index (χ1v) is 12.8. The predicted octanol–water partition coefficient (Wildman–Crippen LogP) is 4.40. The third-order valence-corrected chi connectivity index (χ3v) is 6.79. The summed E-state index contributed by atoms with van der Waals surface area (Å²) in [5.41, 5.74) is 14.8. The monoisotopic (exact) mass is 499 g/mol. The molecule has 4 N–H and O–H groups in total. The SMILES string of the molecule is CC(C)C[C@@H](N)C(=O)N1CCC(n2nc(-c3ccc(Oc4ccccc4)cc3)c3c(N)ncnc32)CC1. The first-order chi connectivity index (χ1) is 17.9. The lowest BCUT2D eigenvalue weighted by Crippen LogP contribution is -2.47. The van der Waals surface area contributed by atoms with Gasteiger partial charge in [0.2, 0.25) is 5.91 Å². The maximum absolute atomic E-state index is 12.8. The van der Waals surface area contributed by atoms with E-state index in [9.17, 15) is 4.79 Å². The van der Waals surface area contributed by atoms with E-state index in [1.54, 1.807) is 0 Å². The summed E-state index contributed by atoms with van der Waals surface area (Å²) in [7, 11) is 0. The number of nitrogens with zero attached hydrogens (tertiary/aromatic N) is 5. The standard InChI is InChI=1S/C28H33N7O2/c1-18(2)16-23(29)28(36)34-14-12-20(13-15-34)35-27-24(26(30)31-17-32-27)25(33-35)19-8-10-22(11-9-19)37-21-6-4-3-5-7-21/h3-11,17-18,20,23H,12-16,29H2,1-2H3,(H2,30,31,32)/t23-/m1/s1. The topological polar surface area (TPSA) is 125 Å². The Morgan fingerprint density at radius 1 is 1.03 bits per heavy atom. The summed E-state index contributed by atoms with van der Waals surface area (Å²) in [5.74, 6) is 2.31. The predicted molar refractivity (Wildman–Crippen MR) is 144 cm³/mol. The Labute approximate surface area is 216 Å². The van der Waals surface area contributed by atoms with Gasteiger partial charge in [0.1, 0.15) is 29.3 Å². The van der Waals surface area contributed by atoms with Crippen LogP contribution in [0.1, 0.15) is 39.2 Å². The van der Waals surface area contributed by atoms with E-state index in [4.69, 9.17) is 21.3 Å². The third-order valence-electron chi connectivity index (χ3n) is 6.79. The van der Waals surface area contributed by atoms with E-state index < -0.39 is 6.04 Å². The van der Waals surface area contributed by atoms with Crippen LogP contribution in [0.15, 0.2) is 60.9 Å². The zero-order valence-corrected chi connectivity index (χ0v) is 21.2. The van der Waals surface area contributed by atoms with Crippen molar-refractivity contribution in [1.29, 1.82) is 0 Å². The molecule has 4 aromatic rings. The van der Waals surface area contributed by atoms with Crippen molar-refractivity contribution in [3.05, 3.63) is 60.9 Å². The number of ether oxygens (including phenoxy) is 1. The molecule has 5 rings (SSSR count). The second-order valence-electron chi connectivity index (χ2n) is 9.98. The Balaban J connectivity index is 1.37. The van der Waals surface area contributed by atoms with Crippen LogP contribution >= 0.6 is 0 Å². The lowest BCUT2D eigenvalue weighted by molar-refractivity contribution is -0.134. The molecule has 1 aliphatic rings. The van der Waals surface area contributed by atoms with Crippen molar-refractivity contribution in [2.75, 3.05) is 18.8 Å². The van der Waals surface area contributed by atoms with Gasteiger partial charge in [-0.25, -0.2) is 14.6 Å². The minimum atomic E-state index is -0.449. The second kappa shape index (κ2) is 10.6. The first kappa shape index (κ1) is 24.7. The highest BCUT2D eigenvalue weighted by atomic mass is 16.5. The van der Waals surface area contributed by atoms with E-state index >= 15 is 0 Å². The van der Waals surface area contributed by atoms with Crippen LogP contribution < -0.4 is 16.2 Å². The van der Waals surface area contributed by atoms with E-state index in [1.165, 1.54) is 6.33 Å². The fourth-order valence-electron chi connectivity index (χ4n) is 4.93. The third kappa shape index (κ3) is 5.27. The molecule has 0 saturated carbocycles. The summed E-state index contributed by atoms with van der Waals surface area (Å²) in [6, 6.07) is 17.1. The smallest absolute Gasteiger partial charge is 0.239 e. The first-order valence-electron chi connectivity index (χ1n) is 12.8. The number of nitrogen functional groups attached to an aromatic ring is 1. The Morgan fingerprint density at radius 2 is 1.70 bits per heavy atom. The van der Waals surface area contributed by atoms with Crippen LogP contribution in [0.3, 0.4) is 0 Å². The van der Waals surface area contributed by atoms with Gasteiger partial charge in [-0.15, -0.1) is 0 Å². The Kier molecular flexibility index (Phi) is 7.05. The van der Waals surface area contributed by atoms with Gasteiger partial charge in [0.25, 0.3) is 0 Å². The average molecular weight is 500 g/mol. The van der Waals surface area contributed by atoms with Crippen molar-refractivity contribution >= 4 is 22.8 Å². The highest BCUT2D eigenvalue weighted by Gasteiger charge is 2.30. The number of rotatable bonds is 7. The highest BCUT2D eigenvalue weighted by molar-refractivity contribution is 5.98. The molecule has 1 aliphatic heterocycles. The maximum atomic E-state index is 12.8. The molecule has 9 heteroatoms. The van der Waals surface area contributed by atoms with Gasteiger partial charge < -0.3 is 21.1 Å². The quantitative estimate of drug-likeness (QED) is 0.386. The van der Waals surface area contributed by atoms with E-state index in [1.807, 2.05) is 64.2 Å². The molecule has 0 bridgehead atoms. The highest BCUT2D eigenvalue weighted by Crippen LogP contribution is 2.35. The minimum Gasteiger partial charge on any atom is -0.457 e. The number of piperidine rings is 1. The molecule has 1 atom stereocenters. The van der Waals surface area contributed by atoms with Crippen molar-refractivity contribution in [1.82, 2.24) is 24.6 Å². The van der Waals surface area contributed by atoms with E-state index in [0.717, 1.165) is 41.0 Å². The summed E-state index contributed by atoms with van der Waals surface area (Å²) in [6.07, 6.45) is 3.70. The number of para-hydroxylation sites is 1.